The molecule has 0 saturated carbocycles. The Morgan fingerprint density at radius 3 is 2.70 bits per heavy atom. The van der Waals surface area contributed by atoms with Crippen LogP contribution in [0.1, 0.15) is 29.0 Å². The second kappa shape index (κ2) is 5.76. The quantitative estimate of drug-likeness (QED) is 0.935. The number of nitrogens with two attached hydrogens (primary N) is 1. The van der Waals surface area contributed by atoms with E-state index in [0.717, 1.165) is 15.7 Å². The number of carbonyl (C=O) groups is 1. The van der Waals surface area contributed by atoms with Gasteiger partial charge in [0.05, 0.1) is 5.69 Å². The molecule has 1 unspecified atom stereocenters. The molecule has 0 spiro atoms. The first-order valence-electron chi connectivity index (χ1n) is 6.23. The standard InChI is InChI=1S/C14H17BrN4O/c1-9(16)11-8-10(15)4-5-13(11)19-7-6-12(17-19)14(20)18(2)3/h4-9H,16H2,1-3H3. The highest BCUT2D eigenvalue weighted by Crippen LogP contribution is 2.24. The van der Waals surface area contributed by atoms with Crippen molar-refractivity contribution >= 4 is 21.8 Å². The van der Waals surface area contributed by atoms with Crippen LogP contribution in [0.15, 0.2) is 34.9 Å². The molecular formula is C14H17BrN4O. The van der Waals surface area contributed by atoms with Crippen molar-refractivity contribution in [2.24, 2.45) is 5.73 Å². The van der Waals surface area contributed by atoms with Crippen molar-refractivity contribution in [3.8, 4) is 5.69 Å². The average Bonchev–Trinajstić information content (AvgIpc) is 2.86. The molecule has 1 aromatic heterocycles. The Bertz CT molecular complexity index is 634. The van der Waals surface area contributed by atoms with Crippen LogP contribution < -0.4 is 5.73 Å². The molecule has 0 fully saturated rings. The zero-order valence-electron chi connectivity index (χ0n) is 11.7. The summed E-state index contributed by atoms with van der Waals surface area (Å²) in [6, 6.07) is 7.40. The minimum Gasteiger partial charge on any atom is -0.343 e. The molecule has 0 aliphatic carbocycles. The summed E-state index contributed by atoms with van der Waals surface area (Å²) in [6.07, 6.45) is 1.77. The Morgan fingerprint density at radius 2 is 2.10 bits per heavy atom. The largest absolute Gasteiger partial charge is 0.343 e. The summed E-state index contributed by atoms with van der Waals surface area (Å²) < 4.78 is 2.65. The van der Waals surface area contributed by atoms with Crippen molar-refractivity contribution in [2.45, 2.75) is 13.0 Å². The Kier molecular flexibility index (Phi) is 4.25. The molecule has 0 aliphatic rings. The van der Waals surface area contributed by atoms with Gasteiger partial charge in [-0.25, -0.2) is 4.68 Å². The molecule has 0 bridgehead atoms. The summed E-state index contributed by atoms with van der Waals surface area (Å²) in [5.74, 6) is -0.122. The van der Waals surface area contributed by atoms with E-state index in [1.165, 1.54) is 4.90 Å². The number of benzene rings is 1. The number of halogens is 1. The van der Waals surface area contributed by atoms with Crippen LogP contribution in [0.3, 0.4) is 0 Å². The van der Waals surface area contributed by atoms with Gasteiger partial charge in [0.25, 0.3) is 5.91 Å². The van der Waals surface area contributed by atoms with Crippen LogP contribution in [0.5, 0.6) is 0 Å². The maximum absolute atomic E-state index is 11.9. The van der Waals surface area contributed by atoms with Crippen LogP contribution in [0.4, 0.5) is 0 Å². The third kappa shape index (κ3) is 2.91. The second-order valence-electron chi connectivity index (χ2n) is 4.84. The zero-order valence-corrected chi connectivity index (χ0v) is 13.3. The topological polar surface area (TPSA) is 64.2 Å². The highest BCUT2D eigenvalue weighted by atomic mass is 79.9. The van der Waals surface area contributed by atoms with Gasteiger partial charge < -0.3 is 10.6 Å². The number of hydrogen-bond acceptors (Lipinski definition) is 3. The summed E-state index contributed by atoms with van der Waals surface area (Å²) in [7, 11) is 3.41. The minimum atomic E-state index is -0.125. The molecule has 2 N–H and O–H groups in total. The van der Waals surface area contributed by atoms with Crippen molar-refractivity contribution in [1.29, 1.82) is 0 Å². The van der Waals surface area contributed by atoms with Gasteiger partial charge in [-0.15, -0.1) is 0 Å². The fourth-order valence-corrected chi connectivity index (χ4v) is 2.28. The van der Waals surface area contributed by atoms with Gasteiger partial charge in [-0.1, -0.05) is 15.9 Å². The van der Waals surface area contributed by atoms with E-state index >= 15 is 0 Å². The maximum atomic E-state index is 11.9. The Balaban J connectivity index is 2.45. The summed E-state index contributed by atoms with van der Waals surface area (Å²) >= 11 is 3.44. The van der Waals surface area contributed by atoms with Crippen LogP contribution in [-0.4, -0.2) is 34.7 Å². The van der Waals surface area contributed by atoms with Crippen LogP contribution in [-0.2, 0) is 0 Å². The lowest BCUT2D eigenvalue weighted by Crippen LogP contribution is -2.22. The number of amides is 1. The van der Waals surface area contributed by atoms with Crippen molar-refractivity contribution in [1.82, 2.24) is 14.7 Å². The van der Waals surface area contributed by atoms with Gasteiger partial charge in [0, 0.05) is 30.8 Å². The van der Waals surface area contributed by atoms with Crippen LogP contribution in [0, 0.1) is 0 Å². The molecule has 20 heavy (non-hydrogen) atoms. The predicted octanol–water partition coefficient (Wildman–Crippen LogP) is 2.36. The third-order valence-corrected chi connectivity index (χ3v) is 3.43. The first-order chi connectivity index (χ1) is 9.40. The van der Waals surface area contributed by atoms with Crippen molar-refractivity contribution in [3.05, 3.63) is 46.2 Å². The first-order valence-corrected chi connectivity index (χ1v) is 7.02. The molecule has 6 heteroatoms. The van der Waals surface area contributed by atoms with E-state index in [-0.39, 0.29) is 11.9 Å². The first kappa shape index (κ1) is 14.7. The van der Waals surface area contributed by atoms with Gasteiger partial charge >= 0.3 is 0 Å². The highest BCUT2D eigenvalue weighted by Gasteiger charge is 2.14. The Labute approximate surface area is 126 Å². The van der Waals surface area contributed by atoms with E-state index < -0.39 is 0 Å². The molecule has 0 aliphatic heterocycles. The average molecular weight is 337 g/mol. The zero-order chi connectivity index (χ0) is 14.9. The molecule has 1 atom stereocenters. The predicted molar refractivity (Wildman–Crippen MR) is 81.9 cm³/mol. The van der Waals surface area contributed by atoms with E-state index in [1.54, 1.807) is 31.0 Å². The molecule has 1 heterocycles. The molecular weight excluding hydrogens is 320 g/mol. The van der Waals surface area contributed by atoms with Gasteiger partial charge in [-0.3, -0.25) is 4.79 Å². The van der Waals surface area contributed by atoms with Crippen LogP contribution in [0.25, 0.3) is 5.69 Å². The van der Waals surface area contributed by atoms with E-state index in [9.17, 15) is 4.79 Å². The lowest BCUT2D eigenvalue weighted by Gasteiger charge is -2.13. The summed E-state index contributed by atoms with van der Waals surface area (Å²) in [5.41, 5.74) is 8.25. The highest BCUT2D eigenvalue weighted by molar-refractivity contribution is 9.10. The fraction of sp³-hybridized carbons (Fsp3) is 0.286. The molecule has 0 saturated heterocycles. The fourth-order valence-electron chi connectivity index (χ4n) is 1.90. The SMILES string of the molecule is CC(N)c1cc(Br)ccc1-n1ccc(C(=O)N(C)C)n1. The minimum absolute atomic E-state index is 0.122. The van der Waals surface area contributed by atoms with Gasteiger partial charge in [0.2, 0.25) is 0 Å². The number of rotatable bonds is 3. The van der Waals surface area contributed by atoms with E-state index in [2.05, 4.69) is 21.0 Å². The third-order valence-electron chi connectivity index (χ3n) is 2.94. The number of carbonyl (C=O) groups excluding carboxylic acids is 1. The normalized spacial score (nSPS) is 12.2. The summed E-state index contributed by atoms with van der Waals surface area (Å²) in [4.78, 5) is 13.4. The maximum Gasteiger partial charge on any atom is 0.273 e. The van der Waals surface area contributed by atoms with Crippen molar-refractivity contribution in [2.75, 3.05) is 14.1 Å². The molecule has 1 aromatic carbocycles. The van der Waals surface area contributed by atoms with Crippen molar-refractivity contribution in [3.63, 3.8) is 0 Å². The smallest absolute Gasteiger partial charge is 0.273 e. The second-order valence-corrected chi connectivity index (χ2v) is 5.75. The summed E-state index contributed by atoms with van der Waals surface area (Å²) in [6.45, 7) is 1.92. The lowest BCUT2D eigenvalue weighted by atomic mass is 10.1. The van der Waals surface area contributed by atoms with Gasteiger partial charge in [0.1, 0.15) is 0 Å². The molecule has 5 nitrogen and oxygen atoms in total. The summed E-state index contributed by atoms with van der Waals surface area (Å²) in [5, 5.41) is 4.33. The lowest BCUT2D eigenvalue weighted by molar-refractivity contribution is 0.0821. The number of hydrogen-bond donors (Lipinski definition) is 1. The number of nitrogens with zero attached hydrogens (tertiary/aromatic N) is 3. The van der Waals surface area contributed by atoms with Crippen LogP contribution in [0.2, 0.25) is 0 Å². The van der Waals surface area contributed by atoms with Crippen LogP contribution >= 0.6 is 15.9 Å². The Hall–Kier alpha value is -1.66. The van der Waals surface area contributed by atoms with Gasteiger partial charge in [-0.05, 0) is 36.8 Å². The molecule has 106 valence electrons. The van der Waals surface area contributed by atoms with E-state index in [4.69, 9.17) is 5.73 Å². The molecule has 2 rings (SSSR count). The van der Waals surface area contributed by atoms with Crippen molar-refractivity contribution < 1.29 is 4.79 Å². The van der Waals surface area contributed by atoms with Gasteiger partial charge in [-0.2, -0.15) is 5.10 Å². The van der Waals surface area contributed by atoms with E-state index in [0.29, 0.717) is 5.69 Å². The monoisotopic (exact) mass is 336 g/mol. The van der Waals surface area contributed by atoms with Gasteiger partial charge in [0.15, 0.2) is 5.69 Å². The molecule has 1 amide bonds. The number of aromatic nitrogens is 2. The molecule has 2 aromatic rings. The molecule has 0 radical (unpaired) electrons. The van der Waals surface area contributed by atoms with E-state index in [1.807, 2.05) is 25.1 Å². The Morgan fingerprint density at radius 1 is 1.40 bits per heavy atom.